The molecule has 1 rings (SSSR count). The molecule has 0 aromatic carbocycles. The average molecular weight is 270 g/mol. The first-order chi connectivity index (χ1) is 9.12. The topological polar surface area (TPSA) is 26.7 Å². The molecule has 1 N–H and O–H groups in total. The summed E-state index contributed by atoms with van der Waals surface area (Å²) < 4.78 is 0. The first-order valence-electron chi connectivity index (χ1n) is 8.10. The van der Waals surface area contributed by atoms with Crippen molar-refractivity contribution in [3.05, 3.63) is 0 Å². The Morgan fingerprint density at radius 3 is 2.05 bits per heavy atom. The number of hydrogen-bond donors (Lipinski definition) is 1. The van der Waals surface area contributed by atoms with Crippen LogP contribution in [0.15, 0.2) is 0 Å². The Balaban J connectivity index is 2.56. The summed E-state index contributed by atoms with van der Waals surface area (Å²) in [6, 6.07) is 0. The second-order valence-electron chi connectivity index (χ2n) is 6.65. The lowest BCUT2D eigenvalue weighted by Gasteiger charge is -2.37. The smallest absolute Gasteiger partial charge is 0.0499 e. The molecule has 0 radical (unpaired) electrons. The van der Waals surface area contributed by atoms with Gasteiger partial charge in [0.1, 0.15) is 0 Å². The zero-order valence-electron chi connectivity index (χ0n) is 13.3. The molecule has 0 aliphatic heterocycles. The molecule has 0 atom stereocenters. The van der Waals surface area contributed by atoms with Crippen LogP contribution >= 0.6 is 0 Å². The molecule has 0 spiro atoms. The Kier molecular flexibility index (Phi) is 7.96. The molecular weight excluding hydrogens is 236 g/mol. The quantitative estimate of drug-likeness (QED) is 0.687. The van der Waals surface area contributed by atoms with E-state index in [1.165, 1.54) is 44.9 Å². The molecule has 1 fully saturated rings. The molecule has 0 heterocycles. The predicted molar refractivity (Wildman–Crippen MR) is 82.5 cm³/mol. The van der Waals surface area contributed by atoms with Gasteiger partial charge in [0.25, 0.3) is 0 Å². The van der Waals surface area contributed by atoms with Crippen LogP contribution in [-0.4, -0.2) is 61.8 Å². The second-order valence-corrected chi connectivity index (χ2v) is 6.65. The Morgan fingerprint density at radius 1 is 0.947 bits per heavy atom. The van der Waals surface area contributed by atoms with Gasteiger partial charge in [-0.25, -0.2) is 0 Å². The van der Waals surface area contributed by atoms with Crippen LogP contribution in [-0.2, 0) is 0 Å². The molecule has 1 aliphatic rings. The van der Waals surface area contributed by atoms with Crippen molar-refractivity contribution in [1.82, 2.24) is 9.80 Å². The molecule has 19 heavy (non-hydrogen) atoms. The number of hydrogen-bond acceptors (Lipinski definition) is 3. The number of likely N-dealkylation sites (N-methyl/N-ethyl adjacent to an activating group) is 1. The summed E-state index contributed by atoms with van der Waals surface area (Å²) in [5, 5.41) is 9.92. The predicted octanol–water partition coefficient (Wildman–Crippen LogP) is 2.59. The van der Waals surface area contributed by atoms with Crippen LogP contribution in [0.1, 0.15) is 51.9 Å². The highest BCUT2D eigenvalue weighted by molar-refractivity contribution is 4.84. The van der Waals surface area contributed by atoms with Gasteiger partial charge in [-0.2, -0.15) is 0 Å². The van der Waals surface area contributed by atoms with Crippen LogP contribution in [0.4, 0.5) is 0 Å². The van der Waals surface area contributed by atoms with Crippen molar-refractivity contribution in [1.29, 1.82) is 0 Å². The van der Waals surface area contributed by atoms with E-state index in [9.17, 15) is 5.11 Å². The Hall–Kier alpha value is -0.120. The standard InChI is InChI=1S/C16H34N2O/c1-4-11-18(13-12-17(2)3)14-16(15-19)9-7-5-6-8-10-16/h19H,4-15H2,1-3H3. The lowest BCUT2D eigenvalue weighted by atomic mass is 9.80. The highest BCUT2D eigenvalue weighted by Crippen LogP contribution is 2.35. The van der Waals surface area contributed by atoms with Gasteiger partial charge in [0.05, 0.1) is 0 Å². The molecule has 0 saturated heterocycles. The molecule has 3 nitrogen and oxygen atoms in total. The van der Waals surface area contributed by atoms with Crippen molar-refractivity contribution in [3.63, 3.8) is 0 Å². The molecule has 0 unspecified atom stereocenters. The first kappa shape index (κ1) is 16.9. The van der Waals surface area contributed by atoms with Crippen LogP contribution in [0.2, 0.25) is 0 Å². The minimum absolute atomic E-state index is 0.179. The van der Waals surface area contributed by atoms with Crippen molar-refractivity contribution in [3.8, 4) is 0 Å². The van der Waals surface area contributed by atoms with E-state index in [1.54, 1.807) is 0 Å². The Morgan fingerprint density at radius 2 is 1.58 bits per heavy atom. The Labute approximate surface area is 120 Å². The van der Waals surface area contributed by atoms with Crippen molar-refractivity contribution in [2.45, 2.75) is 51.9 Å². The summed E-state index contributed by atoms with van der Waals surface area (Å²) in [7, 11) is 4.27. The summed E-state index contributed by atoms with van der Waals surface area (Å²) >= 11 is 0. The fourth-order valence-corrected chi connectivity index (χ4v) is 3.25. The fourth-order valence-electron chi connectivity index (χ4n) is 3.25. The van der Waals surface area contributed by atoms with Gasteiger partial charge in [-0.1, -0.05) is 32.6 Å². The molecule has 1 aliphatic carbocycles. The maximum absolute atomic E-state index is 9.92. The number of aliphatic hydroxyl groups excluding tert-OH is 1. The van der Waals surface area contributed by atoms with Gasteiger partial charge in [0.15, 0.2) is 0 Å². The maximum Gasteiger partial charge on any atom is 0.0499 e. The molecular formula is C16H34N2O. The van der Waals surface area contributed by atoms with E-state index in [0.717, 1.165) is 26.2 Å². The maximum atomic E-state index is 9.92. The van der Waals surface area contributed by atoms with Gasteiger partial charge < -0.3 is 14.9 Å². The second kappa shape index (κ2) is 8.93. The number of nitrogens with zero attached hydrogens (tertiary/aromatic N) is 2. The van der Waals surface area contributed by atoms with Gasteiger partial charge in [-0.15, -0.1) is 0 Å². The largest absolute Gasteiger partial charge is 0.396 e. The third-order valence-electron chi connectivity index (χ3n) is 4.46. The zero-order chi connectivity index (χ0) is 14.1. The molecule has 114 valence electrons. The third-order valence-corrected chi connectivity index (χ3v) is 4.46. The molecule has 1 saturated carbocycles. The molecule has 0 aromatic heterocycles. The fraction of sp³-hybridized carbons (Fsp3) is 1.00. The lowest BCUT2D eigenvalue weighted by molar-refractivity contribution is 0.0568. The van der Waals surface area contributed by atoms with E-state index in [4.69, 9.17) is 0 Å². The van der Waals surface area contributed by atoms with Gasteiger partial charge in [-0.05, 0) is 39.9 Å². The van der Waals surface area contributed by atoms with E-state index in [0.29, 0.717) is 6.61 Å². The SMILES string of the molecule is CCCN(CCN(C)C)CC1(CO)CCCCCC1. The van der Waals surface area contributed by atoms with Gasteiger partial charge in [0.2, 0.25) is 0 Å². The first-order valence-corrected chi connectivity index (χ1v) is 8.10. The van der Waals surface area contributed by atoms with Crippen LogP contribution < -0.4 is 0 Å². The van der Waals surface area contributed by atoms with Gasteiger partial charge in [0, 0.05) is 31.7 Å². The van der Waals surface area contributed by atoms with Crippen molar-refractivity contribution >= 4 is 0 Å². The zero-order valence-corrected chi connectivity index (χ0v) is 13.3. The van der Waals surface area contributed by atoms with E-state index < -0.39 is 0 Å². The lowest BCUT2D eigenvalue weighted by Crippen LogP contribution is -2.43. The summed E-state index contributed by atoms with van der Waals surface area (Å²) in [5.74, 6) is 0. The Bertz CT molecular complexity index is 223. The van der Waals surface area contributed by atoms with Crippen molar-refractivity contribution < 1.29 is 5.11 Å². The highest BCUT2D eigenvalue weighted by atomic mass is 16.3. The summed E-state index contributed by atoms with van der Waals surface area (Å²) in [5.41, 5.74) is 0.179. The van der Waals surface area contributed by atoms with E-state index >= 15 is 0 Å². The minimum atomic E-state index is 0.179. The molecule has 0 aromatic rings. The summed E-state index contributed by atoms with van der Waals surface area (Å²) in [6.07, 6.45) is 8.94. The average Bonchev–Trinajstić information content (AvgIpc) is 2.62. The van der Waals surface area contributed by atoms with E-state index in [-0.39, 0.29) is 5.41 Å². The molecule has 0 bridgehead atoms. The number of aliphatic hydroxyl groups is 1. The van der Waals surface area contributed by atoms with Gasteiger partial charge in [-0.3, -0.25) is 0 Å². The monoisotopic (exact) mass is 270 g/mol. The summed E-state index contributed by atoms with van der Waals surface area (Å²) in [6.45, 7) is 7.11. The minimum Gasteiger partial charge on any atom is -0.396 e. The highest BCUT2D eigenvalue weighted by Gasteiger charge is 2.32. The van der Waals surface area contributed by atoms with Crippen LogP contribution in [0.25, 0.3) is 0 Å². The van der Waals surface area contributed by atoms with Gasteiger partial charge >= 0.3 is 0 Å². The number of rotatable bonds is 8. The molecule has 0 amide bonds. The normalized spacial score (nSPS) is 19.9. The van der Waals surface area contributed by atoms with Crippen molar-refractivity contribution in [2.75, 3.05) is 46.9 Å². The van der Waals surface area contributed by atoms with E-state index in [2.05, 4.69) is 30.8 Å². The third kappa shape index (κ3) is 6.24. The molecule has 3 heteroatoms. The van der Waals surface area contributed by atoms with Crippen LogP contribution in [0, 0.1) is 5.41 Å². The van der Waals surface area contributed by atoms with Crippen LogP contribution in [0.3, 0.4) is 0 Å². The van der Waals surface area contributed by atoms with E-state index in [1.807, 2.05) is 0 Å². The van der Waals surface area contributed by atoms with Crippen LogP contribution in [0.5, 0.6) is 0 Å². The van der Waals surface area contributed by atoms with Crippen molar-refractivity contribution in [2.24, 2.45) is 5.41 Å². The summed E-state index contributed by atoms with van der Waals surface area (Å²) in [4.78, 5) is 4.82.